The molecule has 0 saturated heterocycles. The smallest absolute Gasteiger partial charge is 0.274 e. The van der Waals surface area contributed by atoms with Crippen molar-refractivity contribution in [3.8, 4) is 0 Å². The van der Waals surface area contributed by atoms with E-state index in [0.717, 1.165) is 0 Å². The first-order valence-corrected chi connectivity index (χ1v) is 4.16. The lowest BCUT2D eigenvalue weighted by Gasteiger charge is -2.11. The van der Waals surface area contributed by atoms with Crippen molar-refractivity contribution >= 4 is 17.1 Å². The topological polar surface area (TPSA) is 12.0 Å². The minimum atomic E-state index is -5.13. The third-order valence-corrected chi connectivity index (χ3v) is 1.47. The first-order valence-electron chi connectivity index (χ1n) is 2.83. The van der Waals surface area contributed by atoms with Gasteiger partial charge >= 0.3 is 0 Å². The van der Waals surface area contributed by atoms with E-state index in [4.69, 9.17) is 0 Å². The largest absolute Gasteiger partial charge is 0.299 e. The number of para-hydroxylation sites is 1. The van der Waals surface area contributed by atoms with E-state index in [9.17, 15) is 11.7 Å². The highest BCUT2D eigenvalue weighted by atomic mass is 32.3. The second-order valence-corrected chi connectivity index (χ2v) is 2.89. The molecule has 1 nitrogen and oxygen atoms in total. The van der Waals surface area contributed by atoms with Gasteiger partial charge in [0.15, 0.2) is 0 Å². The molecule has 0 heterocycles. The van der Waals surface area contributed by atoms with E-state index in [0.29, 0.717) is 0 Å². The van der Waals surface area contributed by atoms with Crippen LogP contribution in [0.5, 0.6) is 0 Å². The first kappa shape index (κ1) is 8.26. The van der Waals surface area contributed by atoms with E-state index in [1.54, 1.807) is 18.2 Å². The molecule has 0 aliphatic heterocycles. The van der Waals surface area contributed by atoms with Crippen molar-refractivity contribution in [2.75, 3.05) is 4.72 Å². The molecule has 0 aromatic heterocycles. The number of hydrogen-bond acceptors (Lipinski definition) is 1. The summed E-state index contributed by atoms with van der Waals surface area (Å²) in [5, 5.41) is 0. The van der Waals surface area contributed by atoms with Gasteiger partial charge in [-0.3, -0.25) is 4.72 Å². The summed E-state index contributed by atoms with van der Waals surface area (Å²) in [6.07, 6.45) is 0. The summed E-state index contributed by atoms with van der Waals surface area (Å²) in [4.78, 5) is 0. The number of hydrogen-bond donors (Lipinski definition) is 1. The highest BCUT2D eigenvalue weighted by Crippen LogP contribution is 2.52. The lowest BCUT2D eigenvalue weighted by Crippen LogP contribution is -1.93. The summed E-state index contributed by atoms with van der Waals surface area (Å²) in [6.45, 7) is 0. The van der Waals surface area contributed by atoms with Gasteiger partial charge in [0.1, 0.15) is 0 Å². The molecule has 62 valence electrons. The van der Waals surface area contributed by atoms with Crippen LogP contribution < -0.4 is 4.72 Å². The second kappa shape index (κ2) is 3.04. The molecule has 1 aromatic rings. The zero-order valence-electron chi connectivity index (χ0n) is 5.43. The fourth-order valence-corrected chi connectivity index (χ4v) is 1.04. The van der Waals surface area contributed by atoms with E-state index in [-0.39, 0.29) is 5.69 Å². The van der Waals surface area contributed by atoms with Gasteiger partial charge in [-0.2, -0.15) is 0 Å². The molecule has 0 amide bonds. The second-order valence-electron chi connectivity index (χ2n) is 1.87. The summed E-state index contributed by atoms with van der Waals surface area (Å²) in [5.41, 5.74) is 0.0926. The Kier molecular flexibility index (Phi) is 2.28. The first-order chi connectivity index (χ1) is 5.08. The molecule has 11 heavy (non-hydrogen) atoms. The van der Waals surface area contributed by atoms with Crippen molar-refractivity contribution in [3.05, 3.63) is 30.3 Å². The molecule has 0 atom stereocenters. The average Bonchev–Trinajstić information content (AvgIpc) is 1.85. The molecule has 0 unspecified atom stereocenters. The van der Waals surface area contributed by atoms with Crippen molar-refractivity contribution in [1.29, 1.82) is 0 Å². The number of benzene rings is 1. The molecule has 5 heteroatoms. The molecule has 1 rings (SSSR count). The molecular formula is C6H6F3NS. The van der Waals surface area contributed by atoms with Crippen molar-refractivity contribution in [2.24, 2.45) is 0 Å². The Morgan fingerprint density at radius 3 is 2.00 bits per heavy atom. The van der Waals surface area contributed by atoms with Crippen molar-refractivity contribution < 1.29 is 11.7 Å². The van der Waals surface area contributed by atoms with Gasteiger partial charge in [-0.05, 0) is 12.1 Å². The quantitative estimate of drug-likeness (QED) is 0.736. The van der Waals surface area contributed by atoms with Crippen LogP contribution in [0.2, 0.25) is 0 Å². The Hall–Kier alpha value is -0.840. The Morgan fingerprint density at radius 2 is 1.55 bits per heavy atom. The molecule has 0 aliphatic carbocycles. The van der Waals surface area contributed by atoms with Gasteiger partial charge in [0.25, 0.3) is 11.4 Å². The van der Waals surface area contributed by atoms with Crippen LogP contribution in [0.15, 0.2) is 30.3 Å². The zero-order valence-corrected chi connectivity index (χ0v) is 6.25. The Morgan fingerprint density at radius 1 is 1.00 bits per heavy atom. The van der Waals surface area contributed by atoms with Crippen molar-refractivity contribution in [3.63, 3.8) is 0 Å². The van der Waals surface area contributed by atoms with Crippen LogP contribution >= 0.6 is 11.4 Å². The van der Waals surface area contributed by atoms with E-state index in [1.807, 2.05) is 0 Å². The number of nitrogens with one attached hydrogen (secondary N) is 1. The third-order valence-electron chi connectivity index (χ3n) is 1.01. The Bertz CT molecular complexity index is 221. The highest BCUT2D eigenvalue weighted by Gasteiger charge is 2.19. The van der Waals surface area contributed by atoms with Crippen LogP contribution in [0.25, 0.3) is 0 Å². The van der Waals surface area contributed by atoms with E-state index >= 15 is 0 Å². The van der Waals surface area contributed by atoms with Crippen molar-refractivity contribution in [2.45, 2.75) is 0 Å². The predicted molar refractivity (Wildman–Crippen MR) is 41.0 cm³/mol. The molecule has 0 fully saturated rings. The summed E-state index contributed by atoms with van der Waals surface area (Å²) < 4.78 is 36.6. The summed E-state index contributed by atoms with van der Waals surface area (Å²) in [5.74, 6) is 0. The fraction of sp³-hybridized carbons (Fsp3) is 0. The molecular weight excluding hydrogens is 175 g/mol. The molecule has 1 N–H and O–H groups in total. The predicted octanol–water partition coefficient (Wildman–Crippen LogP) is 3.47. The van der Waals surface area contributed by atoms with Gasteiger partial charge in [0.2, 0.25) is 0 Å². The van der Waals surface area contributed by atoms with E-state index in [1.165, 1.54) is 16.9 Å². The van der Waals surface area contributed by atoms with Crippen molar-refractivity contribution in [1.82, 2.24) is 0 Å². The van der Waals surface area contributed by atoms with Crippen LogP contribution in [0.1, 0.15) is 0 Å². The summed E-state index contributed by atoms with van der Waals surface area (Å²) in [7, 11) is 0. The lowest BCUT2D eigenvalue weighted by molar-refractivity contribution is 0.645. The lowest BCUT2D eigenvalue weighted by atomic mass is 10.3. The van der Waals surface area contributed by atoms with Gasteiger partial charge in [0, 0.05) is 5.69 Å². The number of halogens is 3. The zero-order chi connectivity index (χ0) is 8.32. The maximum absolute atomic E-state index is 11.7. The molecule has 0 aliphatic rings. The maximum atomic E-state index is 11.7. The maximum Gasteiger partial charge on any atom is 0.299 e. The number of anilines is 1. The van der Waals surface area contributed by atoms with Gasteiger partial charge in [-0.15, -0.1) is 11.7 Å². The van der Waals surface area contributed by atoms with Gasteiger partial charge in [-0.25, -0.2) is 0 Å². The summed E-state index contributed by atoms with van der Waals surface area (Å²) in [6, 6.07) is 7.51. The van der Waals surface area contributed by atoms with Crippen LogP contribution in [0.4, 0.5) is 17.3 Å². The normalized spacial score (nSPS) is 12.6. The Balaban J connectivity index is 2.66. The van der Waals surface area contributed by atoms with Gasteiger partial charge in [-0.1, -0.05) is 18.2 Å². The van der Waals surface area contributed by atoms with E-state index < -0.39 is 11.4 Å². The van der Waals surface area contributed by atoms with Gasteiger partial charge < -0.3 is 0 Å². The molecule has 0 radical (unpaired) electrons. The highest BCUT2D eigenvalue weighted by molar-refractivity contribution is 8.22. The van der Waals surface area contributed by atoms with E-state index in [2.05, 4.69) is 0 Å². The third kappa shape index (κ3) is 3.18. The van der Waals surface area contributed by atoms with Gasteiger partial charge in [0.05, 0.1) is 0 Å². The number of rotatable bonds is 2. The van der Waals surface area contributed by atoms with Crippen LogP contribution in [-0.4, -0.2) is 0 Å². The molecule has 0 saturated carbocycles. The van der Waals surface area contributed by atoms with Crippen LogP contribution in [0, 0.1) is 0 Å². The minimum Gasteiger partial charge on any atom is -0.274 e. The van der Waals surface area contributed by atoms with Crippen LogP contribution in [0.3, 0.4) is 0 Å². The SMILES string of the molecule is FS(F)(F)Nc1ccccc1. The Labute approximate surface area is 64.6 Å². The minimum absolute atomic E-state index is 0.0926. The molecule has 0 bridgehead atoms. The summed E-state index contributed by atoms with van der Waals surface area (Å²) >= 11 is -5.13. The monoisotopic (exact) mass is 181 g/mol. The molecule has 0 spiro atoms. The average molecular weight is 181 g/mol. The fourth-order valence-electron chi connectivity index (χ4n) is 0.640. The standard InChI is InChI=1S/C6H6F3NS/c7-11(8,9)10-6-4-2-1-3-5-6/h1-5,10H. The molecule has 1 aromatic carbocycles. The van der Waals surface area contributed by atoms with Crippen LogP contribution in [-0.2, 0) is 0 Å².